The van der Waals surface area contributed by atoms with Gasteiger partial charge in [-0.3, -0.25) is 9.69 Å². The Hall–Kier alpha value is -2.59. The molecule has 3 aromatic rings. The van der Waals surface area contributed by atoms with E-state index in [4.69, 9.17) is 0 Å². The first-order valence-corrected chi connectivity index (χ1v) is 10.3. The van der Waals surface area contributed by atoms with E-state index in [0.29, 0.717) is 19.0 Å². The van der Waals surface area contributed by atoms with E-state index in [1.165, 1.54) is 11.1 Å². The van der Waals surface area contributed by atoms with Crippen LogP contribution in [-0.2, 0) is 24.2 Å². The lowest BCUT2D eigenvalue weighted by molar-refractivity contribution is -0.120. The molecule has 0 aliphatic carbocycles. The second kappa shape index (κ2) is 8.19. The Kier molecular flexibility index (Phi) is 5.49. The van der Waals surface area contributed by atoms with Gasteiger partial charge >= 0.3 is 0 Å². The summed E-state index contributed by atoms with van der Waals surface area (Å²) >= 11 is 0. The van der Waals surface area contributed by atoms with Crippen LogP contribution in [-0.4, -0.2) is 34.9 Å². The van der Waals surface area contributed by atoms with Gasteiger partial charge in [0.25, 0.3) is 0 Å². The molecule has 1 aromatic heterocycles. The summed E-state index contributed by atoms with van der Waals surface area (Å²) in [7, 11) is 0. The van der Waals surface area contributed by atoms with Gasteiger partial charge in [-0.1, -0.05) is 49.4 Å². The molecule has 0 saturated heterocycles. The molecule has 146 valence electrons. The van der Waals surface area contributed by atoms with E-state index in [2.05, 4.69) is 58.5 Å². The average molecular weight is 376 g/mol. The minimum absolute atomic E-state index is 0.101. The first-order chi connectivity index (χ1) is 13.7. The normalized spacial score (nSPS) is 15.4. The number of nitrogens with one attached hydrogen (secondary N) is 2. The molecular weight excluding hydrogens is 346 g/mol. The number of hydrogen-bond acceptors (Lipinski definition) is 2. The quantitative estimate of drug-likeness (QED) is 0.685. The van der Waals surface area contributed by atoms with Crippen LogP contribution in [0, 0.1) is 6.92 Å². The maximum absolute atomic E-state index is 12.7. The minimum Gasteiger partial charge on any atom is -0.358 e. The predicted molar refractivity (Wildman–Crippen MR) is 114 cm³/mol. The lowest BCUT2D eigenvalue weighted by atomic mass is 9.98. The van der Waals surface area contributed by atoms with Crippen LogP contribution in [0.15, 0.2) is 48.5 Å². The molecule has 0 bridgehead atoms. The van der Waals surface area contributed by atoms with Crippen molar-refractivity contribution >= 4 is 16.8 Å². The Bertz CT molecular complexity index is 975. The largest absolute Gasteiger partial charge is 0.358 e. The number of hydrogen-bond donors (Lipinski definition) is 2. The van der Waals surface area contributed by atoms with Crippen molar-refractivity contribution in [2.75, 3.05) is 13.1 Å². The molecule has 0 saturated carbocycles. The van der Waals surface area contributed by atoms with E-state index in [-0.39, 0.29) is 5.91 Å². The van der Waals surface area contributed by atoms with Crippen molar-refractivity contribution in [1.29, 1.82) is 0 Å². The van der Waals surface area contributed by atoms with Gasteiger partial charge in [0.1, 0.15) is 0 Å². The summed E-state index contributed by atoms with van der Waals surface area (Å²) < 4.78 is 0. The molecular formula is C24H29N3O. The second-order valence-corrected chi connectivity index (χ2v) is 7.81. The first kappa shape index (κ1) is 18.8. The third-order valence-corrected chi connectivity index (χ3v) is 6.05. The summed E-state index contributed by atoms with van der Waals surface area (Å²) in [5.74, 6) is 0.101. The molecule has 0 spiro atoms. The highest BCUT2D eigenvalue weighted by Gasteiger charge is 2.23. The van der Waals surface area contributed by atoms with Crippen molar-refractivity contribution < 1.29 is 4.79 Å². The highest BCUT2D eigenvalue weighted by molar-refractivity contribution is 5.90. The maximum atomic E-state index is 12.7. The smallest absolute Gasteiger partial charge is 0.224 e. The van der Waals surface area contributed by atoms with Crippen LogP contribution in [0.4, 0.5) is 0 Å². The van der Waals surface area contributed by atoms with Gasteiger partial charge in [0, 0.05) is 42.3 Å². The van der Waals surface area contributed by atoms with E-state index in [0.717, 1.165) is 48.1 Å². The fraction of sp³-hybridized carbons (Fsp3) is 0.375. The third kappa shape index (κ3) is 3.83. The van der Waals surface area contributed by atoms with Crippen LogP contribution in [0.1, 0.15) is 35.7 Å². The van der Waals surface area contributed by atoms with Crippen LogP contribution in [0.5, 0.6) is 0 Å². The van der Waals surface area contributed by atoms with Gasteiger partial charge in [-0.15, -0.1) is 0 Å². The zero-order valence-corrected chi connectivity index (χ0v) is 16.8. The SMILES string of the molecule is CCC(CNC(=O)Cc1c(C)[nH]c2ccccc12)N1CCc2ccccc2C1. The van der Waals surface area contributed by atoms with Gasteiger partial charge in [0.15, 0.2) is 0 Å². The van der Waals surface area contributed by atoms with Crippen molar-refractivity contribution in [2.45, 2.75) is 45.7 Å². The molecule has 1 atom stereocenters. The van der Waals surface area contributed by atoms with E-state index in [1.807, 2.05) is 19.1 Å². The van der Waals surface area contributed by atoms with Crippen molar-refractivity contribution in [3.05, 3.63) is 70.9 Å². The van der Waals surface area contributed by atoms with E-state index >= 15 is 0 Å². The topological polar surface area (TPSA) is 48.1 Å². The van der Waals surface area contributed by atoms with Gasteiger partial charge in [0.05, 0.1) is 6.42 Å². The summed E-state index contributed by atoms with van der Waals surface area (Å²) in [5.41, 5.74) is 6.17. The molecule has 1 aliphatic heterocycles. The molecule has 4 heteroatoms. The van der Waals surface area contributed by atoms with Crippen molar-refractivity contribution in [2.24, 2.45) is 0 Å². The van der Waals surface area contributed by atoms with Gasteiger partial charge in [-0.2, -0.15) is 0 Å². The molecule has 1 unspecified atom stereocenters. The zero-order chi connectivity index (χ0) is 19.5. The molecule has 2 aromatic carbocycles. The van der Waals surface area contributed by atoms with Crippen LogP contribution >= 0.6 is 0 Å². The summed E-state index contributed by atoms with van der Waals surface area (Å²) in [4.78, 5) is 18.6. The van der Waals surface area contributed by atoms with Crippen LogP contribution in [0.2, 0.25) is 0 Å². The Morgan fingerprint density at radius 1 is 1.14 bits per heavy atom. The molecule has 0 fully saturated rings. The Labute approximate surface area is 166 Å². The van der Waals surface area contributed by atoms with Crippen molar-refractivity contribution in [3.63, 3.8) is 0 Å². The number of aromatic amines is 1. The molecule has 1 amide bonds. The number of fused-ring (bicyclic) bond motifs is 2. The first-order valence-electron chi connectivity index (χ1n) is 10.3. The lowest BCUT2D eigenvalue weighted by Gasteiger charge is -2.35. The fourth-order valence-corrected chi connectivity index (χ4v) is 4.38. The number of rotatable bonds is 6. The summed E-state index contributed by atoms with van der Waals surface area (Å²) in [6.07, 6.45) is 2.55. The number of para-hydroxylation sites is 1. The number of aryl methyl sites for hydroxylation is 1. The highest BCUT2D eigenvalue weighted by atomic mass is 16.1. The molecule has 28 heavy (non-hydrogen) atoms. The number of carbonyl (C=O) groups excluding carboxylic acids is 1. The number of H-pyrrole nitrogens is 1. The molecule has 2 heterocycles. The monoisotopic (exact) mass is 375 g/mol. The molecule has 0 radical (unpaired) electrons. The predicted octanol–water partition coefficient (Wildman–Crippen LogP) is 3.97. The standard InChI is InChI=1S/C24H29N3O/c1-3-20(27-13-12-18-8-4-5-9-19(18)16-27)15-25-24(28)14-22-17(2)26-23-11-7-6-10-21(22)23/h4-11,20,26H,3,12-16H2,1-2H3,(H,25,28). The van der Waals surface area contributed by atoms with Gasteiger partial charge in [0.2, 0.25) is 5.91 Å². The minimum atomic E-state index is 0.101. The number of carbonyl (C=O) groups is 1. The van der Waals surface area contributed by atoms with Crippen molar-refractivity contribution in [3.8, 4) is 0 Å². The Morgan fingerprint density at radius 2 is 1.89 bits per heavy atom. The van der Waals surface area contributed by atoms with Gasteiger partial charge < -0.3 is 10.3 Å². The summed E-state index contributed by atoms with van der Waals surface area (Å²) in [6.45, 7) is 7.00. The maximum Gasteiger partial charge on any atom is 0.224 e. The molecule has 2 N–H and O–H groups in total. The summed E-state index contributed by atoms with van der Waals surface area (Å²) in [6, 6.07) is 17.3. The van der Waals surface area contributed by atoms with E-state index in [1.54, 1.807) is 0 Å². The van der Waals surface area contributed by atoms with Crippen LogP contribution in [0.3, 0.4) is 0 Å². The van der Waals surface area contributed by atoms with E-state index < -0.39 is 0 Å². The van der Waals surface area contributed by atoms with Gasteiger partial charge in [-0.25, -0.2) is 0 Å². The van der Waals surface area contributed by atoms with Crippen molar-refractivity contribution in [1.82, 2.24) is 15.2 Å². The van der Waals surface area contributed by atoms with Crippen LogP contribution < -0.4 is 5.32 Å². The number of nitrogens with zero attached hydrogens (tertiary/aromatic N) is 1. The average Bonchev–Trinajstić information content (AvgIpc) is 3.03. The number of amides is 1. The number of aromatic nitrogens is 1. The van der Waals surface area contributed by atoms with Gasteiger partial charge in [-0.05, 0) is 42.5 Å². The fourth-order valence-electron chi connectivity index (χ4n) is 4.38. The van der Waals surface area contributed by atoms with Crippen LogP contribution in [0.25, 0.3) is 10.9 Å². The zero-order valence-electron chi connectivity index (χ0n) is 16.8. The molecule has 1 aliphatic rings. The Balaban J connectivity index is 1.37. The van der Waals surface area contributed by atoms with E-state index in [9.17, 15) is 4.79 Å². The second-order valence-electron chi connectivity index (χ2n) is 7.81. The summed E-state index contributed by atoms with van der Waals surface area (Å²) in [5, 5.41) is 4.34. The molecule has 4 rings (SSSR count). The lowest BCUT2D eigenvalue weighted by Crippen LogP contribution is -2.46. The highest BCUT2D eigenvalue weighted by Crippen LogP contribution is 2.23. The third-order valence-electron chi connectivity index (χ3n) is 6.05. The molecule has 4 nitrogen and oxygen atoms in total. The number of benzene rings is 2. The Morgan fingerprint density at radius 3 is 2.71 bits per heavy atom.